The number of methoxy groups -OCH3 is 1. The number of hydrogen-bond acceptors (Lipinski definition) is 5. The van der Waals surface area contributed by atoms with E-state index >= 15 is 0 Å². The van der Waals surface area contributed by atoms with Crippen molar-refractivity contribution in [1.82, 2.24) is 9.55 Å². The standard InChI is InChI=1S/C16H15N3O4/c1-9-11(10-5-3-4-6-12(10)17-9)7-13-15(21)19(16(22)18-13)8-14(20)23-2/h3-7,21H,8H2,1-2H3,(H,18,22)/b11-7+. The molecule has 0 fully saturated rings. The van der Waals surface area contributed by atoms with Crippen molar-refractivity contribution in [1.29, 1.82) is 0 Å². The van der Waals surface area contributed by atoms with Crippen LogP contribution in [0.1, 0.15) is 18.2 Å². The fraction of sp³-hybridized carbons (Fsp3) is 0.188. The molecule has 7 heteroatoms. The maximum atomic E-state index is 11.9. The maximum absolute atomic E-state index is 11.9. The van der Waals surface area contributed by atoms with E-state index < -0.39 is 11.7 Å². The van der Waals surface area contributed by atoms with Gasteiger partial charge in [0.25, 0.3) is 0 Å². The molecular weight excluding hydrogens is 298 g/mol. The van der Waals surface area contributed by atoms with Crippen LogP contribution < -0.4 is 5.69 Å². The molecule has 0 radical (unpaired) electrons. The van der Waals surface area contributed by atoms with Gasteiger partial charge in [-0.3, -0.25) is 14.4 Å². The molecule has 2 heterocycles. The SMILES string of the molecule is COC(=O)Cn1c(O)c(/C=C2\C(C)=Nc3ccccc32)[nH]c1=O. The number of imidazole rings is 1. The molecule has 2 aromatic rings. The van der Waals surface area contributed by atoms with Crippen molar-refractivity contribution >= 4 is 29.0 Å². The summed E-state index contributed by atoms with van der Waals surface area (Å²) in [7, 11) is 1.22. The number of hydrogen-bond donors (Lipinski definition) is 2. The van der Waals surface area contributed by atoms with Gasteiger partial charge in [0.15, 0.2) is 0 Å². The zero-order valence-electron chi connectivity index (χ0n) is 12.7. The van der Waals surface area contributed by atoms with Crippen molar-refractivity contribution in [2.75, 3.05) is 7.11 Å². The summed E-state index contributed by atoms with van der Waals surface area (Å²) in [5.74, 6) is -0.936. The summed E-state index contributed by atoms with van der Waals surface area (Å²) in [5, 5.41) is 10.2. The van der Waals surface area contributed by atoms with E-state index in [-0.39, 0.29) is 18.1 Å². The average Bonchev–Trinajstić information content (AvgIpc) is 2.99. The molecule has 0 saturated heterocycles. The third-order valence-electron chi connectivity index (χ3n) is 3.66. The molecule has 0 unspecified atom stereocenters. The van der Waals surface area contributed by atoms with Crippen molar-refractivity contribution in [3.05, 3.63) is 46.0 Å². The first-order valence-corrected chi connectivity index (χ1v) is 6.96. The number of aromatic hydroxyl groups is 1. The minimum atomic E-state index is -0.621. The topological polar surface area (TPSA) is 96.7 Å². The fourth-order valence-corrected chi connectivity index (χ4v) is 2.48. The number of benzene rings is 1. The predicted molar refractivity (Wildman–Crippen MR) is 85.8 cm³/mol. The zero-order chi connectivity index (χ0) is 16.6. The number of esters is 1. The predicted octanol–water partition coefficient (Wildman–Crippen LogP) is 1.70. The number of aromatic nitrogens is 2. The number of carbonyl (C=O) groups is 1. The number of rotatable bonds is 3. The number of carbonyl (C=O) groups excluding carboxylic acids is 1. The van der Waals surface area contributed by atoms with Crippen LogP contribution in [0.5, 0.6) is 5.88 Å². The Balaban J connectivity index is 2.05. The molecule has 0 amide bonds. The van der Waals surface area contributed by atoms with E-state index in [1.54, 1.807) is 6.08 Å². The summed E-state index contributed by atoms with van der Waals surface area (Å²) in [6, 6.07) is 7.60. The van der Waals surface area contributed by atoms with Gasteiger partial charge in [0, 0.05) is 16.8 Å². The lowest BCUT2D eigenvalue weighted by molar-refractivity contribution is -0.141. The average molecular weight is 313 g/mol. The van der Waals surface area contributed by atoms with Gasteiger partial charge in [-0.15, -0.1) is 0 Å². The summed E-state index contributed by atoms with van der Waals surface area (Å²) in [4.78, 5) is 30.2. The van der Waals surface area contributed by atoms with Gasteiger partial charge in [-0.25, -0.2) is 4.79 Å². The Kier molecular flexibility index (Phi) is 3.61. The first kappa shape index (κ1) is 14.8. The van der Waals surface area contributed by atoms with Crippen LogP contribution in [-0.4, -0.2) is 33.4 Å². The number of aliphatic imine (C=N–C) groups is 1. The number of allylic oxidation sites excluding steroid dienone is 1. The lowest BCUT2D eigenvalue weighted by Crippen LogP contribution is -2.22. The van der Waals surface area contributed by atoms with Crippen LogP contribution in [-0.2, 0) is 16.1 Å². The number of para-hydroxylation sites is 1. The highest BCUT2D eigenvalue weighted by atomic mass is 16.5. The van der Waals surface area contributed by atoms with E-state index in [2.05, 4.69) is 14.7 Å². The van der Waals surface area contributed by atoms with Crippen LogP contribution >= 0.6 is 0 Å². The number of H-pyrrole nitrogens is 1. The second-order valence-corrected chi connectivity index (χ2v) is 5.10. The Labute approximate surface area is 131 Å². The highest BCUT2D eigenvalue weighted by molar-refractivity contribution is 6.31. The molecule has 1 aromatic heterocycles. The summed E-state index contributed by atoms with van der Waals surface area (Å²) in [6.45, 7) is 1.50. The van der Waals surface area contributed by atoms with Crippen LogP contribution in [0, 0.1) is 0 Å². The van der Waals surface area contributed by atoms with Crippen LogP contribution in [0.15, 0.2) is 34.1 Å². The Morgan fingerprint density at radius 2 is 2.17 bits per heavy atom. The number of aromatic amines is 1. The largest absolute Gasteiger partial charge is 0.493 e. The summed E-state index contributed by atoms with van der Waals surface area (Å²) in [5.41, 5.74) is 2.99. The van der Waals surface area contributed by atoms with Gasteiger partial charge < -0.3 is 14.8 Å². The molecule has 3 rings (SSSR count). The van der Waals surface area contributed by atoms with E-state index in [0.29, 0.717) is 0 Å². The Morgan fingerprint density at radius 3 is 2.91 bits per heavy atom. The number of ether oxygens (including phenoxy) is 1. The normalized spacial score (nSPS) is 14.7. The molecule has 1 aliphatic rings. The lowest BCUT2D eigenvalue weighted by Gasteiger charge is -2.02. The van der Waals surface area contributed by atoms with Crippen LogP contribution in [0.4, 0.5) is 5.69 Å². The molecule has 0 atom stereocenters. The lowest BCUT2D eigenvalue weighted by atomic mass is 10.0. The molecule has 7 nitrogen and oxygen atoms in total. The molecule has 0 aliphatic carbocycles. The van der Waals surface area contributed by atoms with Crippen LogP contribution in [0.2, 0.25) is 0 Å². The second kappa shape index (κ2) is 5.60. The quantitative estimate of drug-likeness (QED) is 0.843. The van der Waals surface area contributed by atoms with Gasteiger partial charge in [0.1, 0.15) is 12.2 Å². The molecule has 118 valence electrons. The zero-order valence-corrected chi connectivity index (χ0v) is 12.7. The Bertz CT molecular complexity index is 902. The van der Waals surface area contributed by atoms with Gasteiger partial charge in [-0.05, 0) is 19.1 Å². The third kappa shape index (κ3) is 2.57. The minimum absolute atomic E-state index is 0.222. The summed E-state index contributed by atoms with van der Waals surface area (Å²) in [6.07, 6.45) is 1.65. The first-order valence-electron chi connectivity index (χ1n) is 6.96. The van der Waals surface area contributed by atoms with Crippen molar-refractivity contribution in [2.24, 2.45) is 4.99 Å². The number of nitrogens with one attached hydrogen (secondary N) is 1. The molecule has 23 heavy (non-hydrogen) atoms. The maximum Gasteiger partial charge on any atom is 0.329 e. The highest BCUT2D eigenvalue weighted by Gasteiger charge is 2.20. The van der Waals surface area contributed by atoms with E-state index in [0.717, 1.165) is 27.1 Å². The van der Waals surface area contributed by atoms with Crippen molar-refractivity contribution in [3.8, 4) is 5.88 Å². The Hall–Kier alpha value is -3.09. The van der Waals surface area contributed by atoms with Gasteiger partial charge in [-0.1, -0.05) is 18.2 Å². The molecule has 0 spiro atoms. The monoisotopic (exact) mass is 313 g/mol. The van der Waals surface area contributed by atoms with Gasteiger partial charge in [-0.2, -0.15) is 0 Å². The fourth-order valence-electron chi connectivity index (χ4n) is 2.48. The third-order valence-corrected chi connectivity index (χ3v) is 3.66. The van der Waals surface area contributed by atoms with Crippen LogP contribution in [0.25, 0.3) is 11.6 Å². The number of nitrogens with zero attached hydrogens (tertiary/aromatic N) is 2. The Morgan fingerprint density at radius 1 is 1.43 bits per heavy atom. The van der Waals surface area contributed by atoms with Gasteiger partial charge >= 0.3 is 11.7 Å². The van der Waals surface area contributed by atoms with Gasteiger partial charge in [0.05, 0.1) is 12.8 Å². The molecule has 1 aromatic carbocycles. The summed E-state index contributed by atoms with van der Waals surface area (Å²) >= 11 is 0. The smallest absolute Gasteiger partial charge is 0.329 e. The van der Waals surface area contributed by atoms with Crippen molar-refractivity contribution in [2.45, 2.75) is 13.5 Å². The van der Waals surface area contributed by atoms with E-state index in [1.807, 2.05) is 31.2 Å². The second-order valence-electron chi connectivity index (χ2n) is 5.10. The first-order chi connectivity index (χ1) is 11.0. The van der Waals surface area contributed by atoms with E-state index in [4.69, 9.17) is 0 Å². The van der Waals surface area contributed by atoms with Crippen LogP contribution in [0.3, 0.4) is 0 Å². The molecule has 0 bridgehead atoms. The molecular formula is C16H15N3O4. The van der Waals surface area contributed by atoms with Crippen molar-refractivity contribution < 1.29 is 14.6 Å². The van der Waals surface area contributed by atoms with Gasteiger partial charge in [0.2, 0.25) is 5.88 Å². The molecule has 0 saturated carbocycles. The van der Waals surface area contributed by atoms with E-state index in [9.17, 15) is 14.7 Å². The number of fused-ring (bicyclic) bond motifs is 1. The highest BCUT2D eigenvalue weighted by Crippen LogP contribution is 2.36. The van der Waals surface area contributed by atoms with E-state index in [1.165, 1.54) is 7.11 Å². The minimum Gasteiger partial charge on any atom is -0.493 e. The molecule has 1 aliphatic heterocycles. The molecule has 2 N–H and O–H groups in total. The van der Waals surface area contributed by atoms with Crippen molar-refractivity contribution in [3.63, 3.8) is 0 Å². The summed E-state index contributed by atoms with van der Waals surface area (Å²) < 4.78 is 5.43.